The Balaban J connectivity index is 2.19. The molecule has 110 valence electrons. The van der Waals surface area contributed by atoms with Crippen LogP contribution < -0.4 is 10.5 Å². The van der Waals surface area contributed by atoms with E-state index in [1.54, 1.807) is 25.3 Å². The van der Waals surface area contributed by atoms with Gasteiger partial charge in [-0.1, -0.05) is 31.7 Å². The largest absolute Gasteiger partial charge is 0.494 e. The summed E-state index contributed by atoms with van der Waals surface area (Å²) in [6, 6.07) is 5.66. The van der Waals surface area contributed by atoms with Crippen LogP contribution in [-0.2, 0) is 0 Å². The van der Waals surface area contributed by atoms with E-state index in [1.807, 2.05) is 11.9 Å². The summed E-state index contributed by atoms with van der Waals surface area (Å²) in [5.74, 6) is 0.485. The van der Waals surface area contributed by atoms with Crippen LogP contribution in [0, 0.1) is 0 Å². The van der Waals surface area contributed by atoms with Gasteiger partial charge in [0.2, 0.25) is 0 Å². The highest BCUT2D eigenvalue weighted by molar-refractivity contribution is 5.98. The lowest BCUT2D eigenvalue weighted by atomic mass is 10.1. The summed E-state index contributed by atoms with van der Waals surface area (Å²) in [5.41, 5.74) is 6.94. The van der Waals surface area contributed by atoms with Gasteiger partial charge in [-0.2, -0.15) is 0 Å². The average molecular weight is 276 g/mol. The number of ether oxygens (including phenoxy) is 1. The molecule has 4 heteroatoms. The fourth-order valence-corrected chi connectivity index (χ4v) is 2.95. The van der Waals surface area contributed by atoms with Crippen molar-refractivity contribution in [1.29, 1.82) is 0 Å². The second kappa shape index (κ2) is 6.64. The van der Waals surface area contributed by atoms with E-state index >= 15 is 0 Å². The minimum absolute atomic E-state index is 0.000972. The molecule has 0 radical (unpaired) electrons. The Bertz CT molecular complexity index is 466. The van der Waals surface area contributed by atoms with Gasteiger partial charge in [0.15, 0.2) is 5.75 Å². The van der Waals surface area contributed by atoms with E-state index in [0.29, 0.717) is 23.0 Å². The van der Waals surface area contributed by atoms with Gasteiger partial charge in [0, 0.05) is 13.1 Å². The normalized spacial score (nSPS) is 16.5. The van der Waals surface area contributed by atoms with E-state index < -0.39 is 0 Å². The number of nitrogens with zero attached hydrogens (tertiary/aromatic N) is 1. The number of amides is 1. The van der Waals surface area contributed by atoms with Crippen LogP contribution in [0.5, 0.6) is 5.75 Å². The first-order valence-corrected chi connectivity index (χ1v) is 7.34. The summed E-state index contributed by atoms with van der Waals surface area (Å²) in [4.78, 5) is 14.5. The molecule has 1 aliphatic carbocycles. The first-order valence-electron chi connectivity index (χ1n) is 7.34. The molecule has 1 aliphatic rings. The van der Waals surface area contributed by atoms with Crippen LogP contribution in [0.4, 0.5) is 5.69 Å². The van der Waals surface area contributed by atoms with Gasteiger partial charge in [0.25, 0.3) is 5.91 Å². The third kappa shape index (κ3) is 3.06. The van der Waals surface area contributed by atoms with E-state index in [1.165, 1.54) is 25.7 Å². The fourth-order valence-electron chi connectivity index (χ4n) is 2.95. The van der Waals surface area contributed by atoms with E-state index in [2.05, 4.69) is 0 Å². The van der Waals surface area contributed by atoms with Crippen LogP contribution in [0.2, 0.25) is 0 Å². The number of anilines is 1. The number of methoxy groups -OCH3 is 1. The minimum atomic E-state index is 0.000972. The maximum atomic E-state index is 12.7. The van der Waals surface area contributed by atoms with Gasteiger partial charge in [-0.05, 0) is 25.0 Å². The van der Waals surface area contributed by atoms with Crippen molar-refractivity contribution >= 4 is 11.6 Å². The molecule has 1 saturated carbocycles. The molecule has 0 spiro atoms. The molecule has 1 amide bonds. The van der Waals surface area contributed by atoms with Gasteiger partial charge >= 0.3 is 0 Å². The summed E-state index contributed by atoms with van der Waals surface area (Å²) in [7, 11) is 3.44. The number of nitrogens with two attached hydrogens (primary N) is 1. The maximum absolute atomic E-state index is 12.7. The summed E-state index contributed by atoms with van der Waals surface area (Å²) in [6.07, 6.45) is 7.15. The van der Waals surface area contributed by atoms with Crippen molar-refractivity contribution < 1.29 is 9.53 Å². The lowest BCUT2D eigenvalue weighted by Crippen LogP contribution is -2.37. The van der Waals surface area contributed by atoms with Gasteiger partial charge in [-0.15, -0.1) is 0 Å². The molecule has 0 atom stereocenters. The highest BCUT2D eigenvalue weighted by Gasteiger charge is 2.24. The van der Waals surface area contributed by atoms with Gasteiger partial charge in [-0.3, -0.25) is 4.79 Å². The number of hydrogen-bond acceptors (Lipinski definition) is 3. The number of carbonyl (C=O) groups is 1. The fraction of sp³-hybridized carbons (Fsp3) is 0.562. The highest BCUT2D eigenvalue weighted by atomic mass is 16.5. The molecule has 2 N–H and O–H groups in total. The van der Waals surface area contributed by atoms with Gasteiger partial charge in [0.05, 0.1) is 18.4 Å². The van der Waals surface area contributed by atoms with Crippen molar-refractivity contribution in [2.75, 3.05) is 19.9 Å². The van der Waals surface area contributed by atoms with Crippen molar-refractivity contribution in [3.8, 4) is 5.75 Å². The zero-order valence-corrected chi connectivity index (χ0v) is 12.4. The number of carbonyl (C=O) groups excluding carboxylic acids is 1. The molecule has 0 aliphatic heterocycles. The summed E-state index contributed by atoms with van der Waals surface area (Å²) < 4.78 is 5.29. The lowest BCUT2D eigenvalue weighted by Gasteiger charge is -2.28. The Morgan fingerprint density at radius 2 is 1.90 bits per heavy atom. The molecule has 0 saturated heterocycles. The Morgan fingerprint density at radius 3 is 2.50 bits per heavy atom. The van der Waals surface area contributed by atoms with Crippen LogP contribution in [0.3, 0.4) is 0 Å². The molecule has 0 heterocycles. The topological polar surface area (TPSA) is 55.6 Å². The molecular weight excluding hydrogens is 252 g/mol. The zero-order chi connectivity index (χ0) is 14.5. The summed E-state index contributed by atoms with van der Waals surface area (Å²) >= 11 is 0. The molecule has 0 unspecified atom stereocenters. The Hall–Kier alpha value is -1.71. The molecule has 2 rings (SSSR count). The second-order valence-electron chi connectivity index (χ2n) is 5.49. The molecule has 0 aromatic heterocycles. The molecule has 1 fully saturated rings. The predicted molar refractivity (Wildman–Crippen MR) is 81.0 cm³/mol. The van der Waals surface area contributed by atoms with Crippen molar-refractivity contribution in [2.45, 2.75) is 44.6 Å². The molecule has 1 aromatic carbocycles. The van der Waals surface area contributed by atoms with Crippen LogP contribution in [0.15, 0.2) is 18.2 Å². The third-order valence-electron chi connectivity index (χ3n) is 4.17. The number of benzene rings is 1. The monoisotopic (exact) mass is 276 g/mol. The van der Waals surface area contributed by atoms with Crippen LogP contribution >= 0.6 is 0 Å². The first kappa shape index (κ1) is 14.7. The zero-order valence-electron chi connectivity index (χ0n) is 12.4. The number of nitrogen functional groups attached to an aromatic ring is 1. The van der Waals surface area contributed by atoms with E-state index in [0.717, 1.165) is 12.8 Å². The van der Waals surface area contributed by atoms with Gasteiger partial charge < -0.3 is 15.4 Å². The third-order valence-corrected chi connectivity index (χ3v) is 4.17. The van der Waals surface area contributed by atoms with Gasteiger partial charge in [-0.25, -0.2) is 0 Å². The number of rotatable bonds is 3. The van der Waals surface area contributed by atoms with Crippen LogP contribution in [0.25, 0.3) is 0 Å². The van der Waals surface area contributed by atoms with Gasteiger partial charge in [0.1, 0.15) is 0 Å². The molecule has 0 bridgehead atoms. The second-order valence-corrected chi connectivity index (χ2v) is 5.49. The molecule has 4 nitrogen and oxygen atoms in total. The standard InChI is InChI=1S/C16H24N2O2/c1-18(12-8-5-3-4-6-9-12)16(19)13-10-7-11-14(17)15(13)20-2/h7,10-12H,3-6,8-9,17H2,1-2H3. The summed E-state index contributed by atoms with van der Waals surface area (Å²) in [5, 5.41) is 0. The molecule has 20 heavy (non-hydrogen) atoms. The van der Waals surface area contributed by atoms with Crippen molar-refractivity contribution in [3.63, 3.8) is 0 Å². The smallest absolute Gasteiger partial charge is 0.257 e. The number of hydrogen-bond donors (Lipinski definition) is 1. The number of para-hydroxylation sites is 1. The minimum Gasteiger partial charge on any atom is -0.494 e. The highest BCUT2D eigenvalue weighted by Crippen LogP contribution is 2.29. The Labute approximate surface area is 120 Å². The van der Waals surface area contributed by atoms with Crippen LogP contribution in [0.1, 0.15) is 48.9 Å². The van der Waals surface area contributed by atoms with E-state index in [9.17, 15) is 4.79 Å². The first-order chi connectivity index (χ1) is 9.65. The maximum Gasteiger partial charge on any atom is 0.257 e. The quantitative estimate of drug-likeness (QED) is 0.682. The SMILES string of the molecule is COc1c(N)cccc1C(=O)N(C)C1CCCCCC1. The predicted octanol–water partition coefficient (Wildman–Crippen LogP) is 3.07. The average Bonchev–Trinajstić information content (AvgIpc) is 2.74. The van der Waals surface area contributed by atoms with Crippen molar-refractivity contribution in [1.82, 2.24) is 4.90 Å². The Morgan fingerprint density at radius 1 is 1.25 bits per heavy atom. The molecular formula is C16H24N2O2. The van der Waals surface area contributed by atoms with E-state index in [-0.39, 0.29) is 5.91 Å². The van der Waals surface area contributed by atoms with Crippen molar-refractivity contribution in [3.05, 3.63) is 23.8 Å². The summed E-state index contributed by atoms with van der Waals surface area (Å²) in [6.45, 7) is 0. The Kier molecular flexibility index (Phi) is 4.88. The van der Waals surface area contributed by atoms with Crippen molar-refractivity contribution in [2.24, 2.45) is 0 Å². The molecule has 1 aromatic rings. The van der Waals surface area contributed by atoms with E-state index in [4.69, 9.17) is 10.5 Å². The lowest BCUT2D eigenvalue weighted by molar-refractivity contribution is 0.0714. The van der Waals surface area contributed by atoms with Crippen LogP contribution in [-0.4, -0.2) is 31.0 Å².